The second-order valence-corrected chi connectivity index (χ2v) is 6.36. The number of carbonyl (C=O) groups is 1. The predicted octanol–water partition coefficient (Wildman–Crippen LogP) is 3.14. The number of hydrogen-bond acceptors (Lipinski definition) is 2. The molecule has 1 aromatic carbocycles. The Morgan fingerprint density at radius 3 is 2.38 bits per heavy atom. The Labute approximate surface area is 129 Å². The molecule has 0 bridgehead atoms. The van der Waals surface area contributed by atoms with Crippen molar-refractivity contribution in [2.24, 2.45) is 17.6 Å². The average molecular weight is 290 g/mol. The number of rotatable bonds is 9. The van der Waals surface area contributed by atoms with Crippen LogP contribution in [-0.2, 0) is 11.2 Å². The Kier molecular flexibility index (Phi) is 8.06. The molecule has 1 aromatic rings. The first-order valence-electron chi connectivity index (χ1n) is 8.07. The van der Waals surface area contributed by atoms with Crippen molar-refractivity contribution in [3.05, 3.63) is 35.9 Å². The van der Waals surface area contributed by atoms with Crippen molar-refractivity contribution in [3.8, 4) is 0 Å². The van der Waals surface area contributed by atoms with Crippen molar-refractivity contribution in [2.75, 3.05) is 6.54 Å². The van der Waals surface area contributed by atoms with Crippen molar-refractivity contribution >= 4 is 5.91 Å². The fraction of sp³-hybridized carbons (Fsp3) is 0.611. The number of nitrogens with two attached hydrogens (primary N) is 1. The van der Waals surface area contributed by atoms with Gasteiger partial charge in [0.05, 0.1) is 5.92 Å². The van der Waals surface area contributed by atoms with Crippen LogP contribution in [0.4, 0.5) is 0 Å². The highest BCUT2D eigenvalue weighted by Gasteiger charge is 2.18. The van der Waals surface area contributed by atoms with Crippen LogP contribution in [0.25, 0.3) is 0 Å². The molecule has 0 heterocycles. The van der Waals surface area contributed by atoms with E-state index in [0.717, 1.165) is 24.3 Å². The summed E-state index contributed by atoms with van der Waals surface area (Å²) in [5, 5.41) is 3.11. The largest absolute Gasteiger partial charge is 0.353 e. The van der Waals surface area contributed by atoms with Crippen molar-refractivity contribution in [1.82, 2.24) is 5.32 Å². The van der Waals surface area contributed by atoms with Gasteiger partial charge in [-0.25, -0.2) is 0 Å². The van der Waals surface area contributed by atoms with Crippen molar-refractivity contribution in [1.29, 1.82) is 0 Å². The fourth-order valence-corrected chi connectivity index (χ4v) is 2.45. The smallest absolute Gasteiger partial charge is 0.224 e. The van der Waals surface area contributed by atoms with E-state index < -0.39 is 0 Å². The number of benzene rings is 1. The van der Waals surface area contributed by atoms with Crippen LogP contribution in [0.3, 0.4) is 0 Å². The number of amides is 1. The highest BCUT2D eigenvalue weighted by Crippen LogP contribution is 2.11. The van der Waals surface area contributed by atoms with E-state index in [1.165, 1.54) is 6.42 Å². The van der Waals surface area contributed by atoms with Gasteiger partial charge in [0.15, 0.2) is 0 Å². The van der Waals surface area contributed by atoms with Gasteiger partial charge in [-0.3, -0.25) is 4.79 Å². The molecule has 0 aliphatic carbocycles. The minimum atomic E-state index is -0.139. The topological polar surface area (TPSA) is 55.1 Å². The van der Waals surface area contributed by atoms with Crippen molar-refractivity contribution in [3.63, 3.8) is 0 Å². The third kappa shape index (κ3) is 7.28. The second kappa shape index (κ2) is 9.56. The van der Waals surface area contributed by atoms with Gasteiger partial charge in [-0.1, -0.05) is 57.0 Å². The van der Waals surface area contributed by atoms with E-state index in [-0.39, 0.29) is 17.9 Å². The molecule has 0 spiro atoms. The first kappa shape index (κ1) is 17.7. The second-order valence-electron chi connectivity index (χ2n) is 6.36. The molecule has 0 aliphatic heterocycles. The monoisotopic (exact) mass is 290 g/mol. The molecule has 0 aromatic heterocycles. The lowest BCUT2D eigenvalue weighted by atomic mass is 9.97. The third-order valence-corrected chi connectivity index (χ3v) is 3.79. The lowest BCUT2D eigenvalue weighted by molar-refractivity contribution is -0.125. The summed E-state index contributed by atoms with van der Waals surface area (Å²) >= 11 is 0. The normalized spacial score (nSPS) is 14.0. The molecule has 21 heavy (non-hydrogen) atoms. The predicted molar refractivity (Wildman–Crippen MR) is 89.0 cm³/mol. The van der Waals surface area contributed by atoms with Crippen LogP contribution < -0.4 is 11.1 Å². The van der Waals surface area contributed by atoms with E-state index in [0.29, 0.717) is 13.0 Å². The van der Waals surface area contributed by atoms with Gasteiger partial charge >= 0.3 is 0 Å². The molecule has 1 amide bonds. The van der Waals surface area contributed by atoms with Gasteiger partial charge in [0.1, 0.15) is 0 Å². The van der Waals surface area contributed by atoms with Gasteiger partial charge in [-0.05, 0) is 31.2 Å². The molecule has 3 nitrogen and oxygen atoms in total. The molecule has 0 saturated carbocycles. The fourth-order valence-electron chi connectivity index (χ4n) is 2.45. The van der Waals surface area contributed by atoms with Gasteiger partial charge in [-0.2, -0.15) is 0 Å². The molecule has 2 atom stereocenters. The summed E-state index contributed by atoms with van der Waals surface area (Å²) in [6.45, 7) is 6.93. The van der Waals surface area contributed by atoms with E-state index in [2.05, 4.69) is 26.1 Å². The van der Waals surface area contributed by atoms with E-state index in [1.54, 1.807) is 0 Å². The SMILES string of the molecule is CC(C)CCCC(C)NC(=O)C(CN)Cc1ccccc1. The molecular weight excluding hydrogens is 260 g/mol. The summed E-state index contributed by atoms with van der Waals surface area (Å²) in [4.78, 5) is 12.3. The Morgan fingerprint density at radius 2 is 1.81 bits per heavy atom. The van der Waals surface area contributed by atoms with Gasteiger partial charge in [-0.15, -0.1) is 0 Å². The Hall–Kier alpha value is -1.35. The van der Waals surface area contributed by atoms with E-state index in [9.17, 15) is 4.79 Å². The molecule has 3 N–H and O–H groups in total. The first-order chi connectivity index (χ1) is 10.0. The number of nitrogens with one attached hydrogen (secondary N) is 1. The highest BCUT2D eigenvalue weighted by atomic mass is 16.1. The van der Waals surface area contributed by atoms with Crippen LogP contribution in [0, 0.1) is 11.8 Å². The maximum Gasteiger partial charge on any atom is 0.224 e. The van der Waals surface area contributed by atoms with Crippen LogP contribution >= 0.6 is 0 Å². The third-order valence-electron chi connectivity index (χ3n) is 3.79. The molecule has 0 aliphatic rings. The summed E-state index contributed by atoms with van der Waals surface area (Å²) in [7, 11) is 0. The summed E-state index contributed by atoms with van der Waals surface area (Å²) in [6.07, 6.45) is 4.12. The zero-order valence-electron chi connectivity index (χ0n) is 13.6. The van der Waals surface area contributed by atoms with Gasteiger partial charge in [0.2, 0.25) is 5.91 Å². The number of carbonyl (C=O) groups excluding carboxylic acids is 1. The molecule has 0 saturated heterocycles. The molecular formula is C18H30N2O. The Morgan fingerprint density at radius 1 is 1.14 bits per heavy atom. The minimum Gasteiger partial charge on any atom is -0.353 e. The Bertz CT molecular complexity index is 403. The van der Waals surface area contributed by atoms with E-state index in [4.69, 9.17) is 5.73 Å². The molecule has 118 valence electrons. The minimum absolute atomic E-state index is 0.0819. The number of hydrogen-bond donors (Lipinski definition) is 2. The highest BCUT2D eigenvalue weighted by molar-refractivity contribution is 5.79. The standard InChI is InChI=1S/C18H30N2O/c1-14(2)8-7-9-15(3)20-18(21)17(13-19)12-16-10-5-4-6-11-16/h4-6,10-11,14-15,17H,7-9,12-13,19H2,1-3H3,(H,20,21). The van der Waals surface area contributed by atoms with E-state index >= 15 is 0 Å². The van der Waals surface area contributed by atoms with Crippen molar-refractivity contribution in [2.45, 2.75) is 52.5 Å². The van der Waals surface area contributed by atoms with Gasteiger partial charge in [0.25, 0.3) is 0 Å². The summed E-state index contributed by atoms with van der Waals surface area (Å²) < 4.78 is 0. The van der Waals surface area contributed by atoms with Gasteiger partial charge in [0, 0.05) is 12.6 Å². The first-order valence-corrected chi connectivity index (χ1v) is 8.07. The quantitative estimate of drug-likeness (QED) is 0.734. The van der Waals surface area contributed by atoms with Crippen LogP contribution in [0.2, 0.25) is 0 Å². The molecule has 0 fully saturated rings. The van der Waals surface area contributed by atoms with Crippen molar-refractivity contribution < 1.29 is 4.79 Å². The lowest BCUT2D eigenvalue weighted by Gasteiger charge is -2.19. The summed E-state index contributed by atoms with van der Waals surface area (Å²) in [5.41, 5.74) is 6.94. The van der Waals surface area contributed by atoms with Crippen LogP contribution in [0.1, 0.15) is 45.6 Å². The maximum absolute atomic E-state index is 12.3. The molecule has 1 rings (SSSR count). The maximum atomic E-state index is 12.3. The molecule has 0 radical (unpaired) electrons. The summed E-state index contributed by atoms with van der Waals surface area (Å²) in [6, 6.07) is 10.3. The average Bonchev–Trinajstić information content (AvgIpc) is 2.45. The summed E-state index contributed by atoms with van der Waals surface area (Å²) in [5.74, 6) is 0.668. The van der Waals surface area contributed by atoms with E-state index in [1.807, 2.05) is 30.3 Å². The molecule has 2 unspecified atom stereocenters. The van der Waals surface area contributed by atoms with Crippen LogP contribution in [0.5, 0.6) is 0 Å². The Balaban J connectivity index is 2.40. The zero-order chi connectivity index (χ0) is 15.7. The zero-order valence-corrected chi connectivity index (χ0v) is 13.6. The lowest BCUT2D eigenvalue weighted by Crippen LogP contribution is -2.40. The molecule has 3 heteroatoms. The van der Waals surface area contributed by atoms with Gasteiger partial charge < -0.3 is 11.1 Å². The van der Waals surface area contributed by atoms with Crippen LogP contribution in [-0.4, -0.2) is 18.5 Å². The van der Waals surface area contributed by atoms with Crippen LogP contribution in [0.15, 0.2) is 30.3 Å².